The number of hydrogen-bond donors (Lipinski definition) is 1. The standard InChI is InChI=1S/C14H15F3N4O3/c1-3-21(13(22)20-23-2)8-9-4-6-10(7-5-9)11-18-12(24-19-11)14(15,16)17/h4-7H,3,8H2,1-2H3,(H,20,22). The van der Waals surface area contributed by atoms with E-state index in [-0.39, 0.29) is 5.82 Å². The molecule has 24 heavy (non-hydrogen) atoms. The normalized spacial score (nSPS) is 11.4. The minimum Gasteiger partial charge on any atom is -0.329 e. The molecule has 1 aromatic heterocycles. The van der Waals surface area contributed by atoms with Crippen LogP contribution in [-0.4, -0.2) is 34.7 Å². The van der Waals surface area contributed by atoms with Crippen LogP contribution < -0.4 is 5.48 Å². The fourth-order valence-corrected chi connectivity index (χ4v) is 1.91. The van der Waals surface area contributed by atoms with Crippen molar-refractivity contribution in [1.29, 1.82) is 0 Å². The zero-order chi connectivity index (χ0) is 17.7. The lowest BCUT2D eigenvalue weighted by atomic mass is 10.1. The number of benzene rings is 1. The van der Waals surface area contributed by atoms with E-state index in [2.05, 4.69) is 25.0 Å². The summed E-state index contributed by atoms with van der Waals surface area (Å²) in [4.78, 5) is 21.1. The van der Waals surface area contributed by atoms with E-state index < -0.39 is 18.1 Å². The van der Waals surface area contributed by atoms with Crippen LogP contribution in [0.4, 0.5) is 18.0 Å². The number of amides is 2. The van der Waals surface area contributed by atoms with Gasteiger partial charge in [0.25, 0.3) is 0 Å². The average Bonchev–Trinajstić information content (AvgIpc) is 3.03. The second-order valence-electron chi connectivity index (χ2n) is 4.74. The van der Waals surface area contributed by atoms with Gasteiger partial charge in [-0.05, 0) is 12.5 Å². The minimum atomic E-state index is -4.68. The number of hydrogen-bond acceptors (Lipinski definition) is 5. The van der Waals surface area contributed by atoms with Crippen molar-refractivity contribution in [3.05, 3.63) is 35.7 Å². The third kappa shape index (κ3) is 4.22. The van der Waals surface area contributed by atoms with Crippen LogP contribution in [0.25, 0.3) is 11.4 Å². The molecule has 0 radical (unpaired) electrons. The molecule has 0 bridgehead atoms. The molecule has 2 aromatic rings. The zero-order valence-electron chi connectivity index (χ0n) is 12.9. The fourth-order valence-electron chi connectivity index (χ4n) is 1.91. The zero-order valence-corrected chi connectivity index (χ0v) is 12.9. The van der Waals surface area contributed by atoms with Gasteiger partial charge in [-0.25, -0.2) is 10.3 Å². The van der Waals surface area contributed by atoms with Crippen molar-refractivity contribution < 1.29 is 27.3 Å². The third-order valence-corrected chi connectivity index (χ3v) is 3.11. The Morgan fingerprint density at radius 1 is 1.33 bits per heavy atom. The first-order valence-electron chi connectivity index (χ1n) is 6.93. The van der Waals surface area contributed by atoms with Crippen LogP contribution in [-0.2, 0) is 17.6 Å². The molecule has 0 atom stereocenters. The lowest BCUT2D eigenvalue weighted by Gasteiger charge is -2.20. The van der Waals surface area contributed by atoms with Crippen LogP contribution >= 0.6 is 0 Å². The summed E-state index contributed by atoms with van der Waals surface area (Å²) >= 11 is 0. The van der Waals surface area contributed by atoms with Crippen molar-refractivity contribution in [2.45, 2.75) is 19.6 Å². The topological polar surface area (TPSA) is 80.5 Å². The molecule has 1 N–H and O–H groups in total. The summed E-state index contributed by atoms with van der Waals surface area (Å²) in [6.07, 6.45) is -4.68. The summed E-state index contributed by atoms with van der Waals surface area (Å²) < 4.78 is 41.5. The van der Waals surface area contributed by atoms with Crippen molar-refractivity contribution in [1.82, 2.24) is 20.5 Å². The smallest absolute Gasteiger partial charge is 0.329 e. The van der Waals surface area contributed by atoms with Gasteiger partial charge in [0.2, 0.25) is 5.82 Å². The quantitative estimate of drug-likeness (QED) is 0.844. The Labute approximate surface area is 135 Å². The first-order chi connectivity index (χ1) is 11.3. The van der Waals surface area contributed by atoms with E-state index in [4.69, 9.17) is 0 Å². The van der Waals surface area contributed by atoms with Crippen LogP contribution in [0, 0.1) is 0 Å². The predicted octanol–water partition coefficient (Wildman–Crippen LogP) is 2.85. The molecule has 10 heteroatoms. The second kappa shape index (κ2) is 7.30. The molecule has 7 nitrogen and oxygen atoms in total. The summed E-state index contributed by atoms with van der Waals surface area (Å²) in [7, 11) is 1.33. The molecule has 2 amide bonds. The number of carbonyl (C=O) groups is 1. The Balaban J connectivity index is 2.10. The van der Waals surface area contributed by atoms with E-state index in [1.165, 1.54) is 12.0 Å². The van der Waals surface area contributed by atoms with E-state index in [0.29, 0.717) is 18.7 Å². The summed E-state index contributed by atoms with van der Waals surface area (Å²) in [5.41, 5.74) is 3.38. The van der Waals surface area contributed by atoms with Crippen molar-refractivity contribution in [2.24, 2.45) is 0 Å². The van der Waals surface area contributed by atoms with Crippen molar-refractivity contribution >= 4 is 6.03 Å². The van der Waals surface area contributed by atoms with Gasteiger partial charge in [-0.3, -0.25) is 4.84 Å². The molecular formula is C14H15F3N4O3. The molecule has 0 fully saturated rings. The molecule has 0 aliphatic heterocycles. The highest BCUT2D eigenvalue weighted by molar-refractivity contribution is 5.73. The van der Waals surface area contributed by atoms with Crippen LogP contribution in [0.1, 0.15) is 18.4 Å². The predicted molar refractivity (Wildman–Crippen MR) is 76.4 cm³/mol. The maximum Gasteiger partial charge on any atom is 0.471 e. The Morgan fingerprint density at radius 2 is 2.00 bits per heavy atom. The van der Waals surface area contributed by atoms with Gasteiger partial charge in [0.15, 0.2) is 0 Å². The van der Waals surface area contributed by atoms with E-state index in [0.717, 1.165) is 5.56 Å². The number of alkyl halides is 3. The number of nitrogens with zero attached hydrogens (tertiary/aromatic N) is 3. The molecule has 0 aliphatic carbocycles. The maximum atomic E-state index is 12.5. The first-order valence-corrected chi connectivity index (χ1v) is 6.93. The largest absolute Gasteiger partial charge is 0.471 e. The number of nitrogens with one attached hydrogen (secondary N) is 1. The highest BCUT2D eigenvalue weighted by atomic mass is 19.4. The van der Waals surface area contributed by atoms with Crippen molar-refractivity contribution in [3.63, 3.8) is 0 Å². The van der Waals surface area contributed by atoms with E-state index in [9.17, 15) is 18.0 Å². The van der Waals surface area contributed by atoms with Crippen LogP contribution in [0.2, 0.25) is 0 Å². The van der Waals surface area contributed by atoms with Gasteiger partial charge < -0.3 is 9.42 Å². The fraction of sp³-hybridized carbons (Fsp3) is 0.357. The summed E-state index contributed by atoms with van der Waals surface area (Å²) in [5.74, 6) is -1.55. The number of hydroxylamine groups is 1. The maximum absolute atomic E-state index is 12.5. The number of halogens is 3. The number of rotatable bonds is 5. The van der Waals surface area contributed by atoms with Gasteiger partial charge in [-0.2, -0.15) is 18.2 Å². The first kappa shape index (κ1) is 17.7. The van der Waals surface area contributed by atoms with E-state index in [1.54, 1.807) is 24.3 Å². The monoisotopic (exact) mass is 344 g/mol. The highest BCUT2D eigenvalue weighted by Crippen LogP contribution is 2.29. The average molecular weight is 344 g/mol. The second-order valence-corrected chi connectivity index (χ2v) is 4.74. The number of carbonyl (C=O) groups excluding carboxylic acids is 1. The molecule has 0 aliphatic rings. The number of urea groups is 1. The minimum absolute atomic E-state index is 0.154. The molecule has 130 valence electrons. The molecular weight excluding hydrogens is 329 g/mol. The molecule has 0 saturated heterocycles. The van der Waals surface area contributed by atoms with Gasteiger partial charge in [0, 0.05) is 18.7 Å². The lowest BCUT2D eigenvalue weighted by Crippen LogP contribution is -2.38. The SMILES string of the molecule is CCN(Cc1ccc(-c2noc(C(F)(F)F)n2)cc1)C(=O)NOC. The molecule has 1 aromatic carbocycles. The van der Waals surface area contributed by atoms with E-state index >= 15 is 0 Å². The van der Waals surface area contributed by atoms with Crippen molar-refractivity contribution in [2.75, 3.05) is 13.7 Å². The molecule has 0 spiro atoms. The van der Waals surface area contributed by atoms with Crippen LogP contribution in [0.5, 0.6) is 0 Å². The molecule has 2 rings (SSSR count). The lowest BCUT2D eigenvalue weighted by molar-refractivity contribution is -0.159. The van der Waals surface area contributed by atoms with Gasteiger partial charge in [-0.1, -0.05) is 29.4 Å². The van der Waals surface area contributed by atoms with Gasteiger partial charge in [0.1, 0.15) is 0 Å². The highest BCUT2D eigenvalue weighted by Gasteiger charge is 2.38. The number of aromatic nitrogens is 2. The van der Waals surface area contributed by atoms with Gasteiger partial charge >= 0.3 is 18.1 Å². The van der Waals surface area contributed by atoms with Crippen LogP contribution in [0.15, 0.2) is 28.8 Å². The Bertz CT molecular complexity index is 685. The third-order valence-electron chi connectivity index (χ3n) is 3.11. The molecule has 1 heterocycles. The Hall–Kier alpha value is -2.62. The molecule has 0 unspecified atom stereocenters. The van der Waals surface area contributed by atoms with Gasteiger partial charge in [0.05, 0.1) is 7.11 Å². The Morgan fingerprint density at radius 3 is 2.50 bits per heavy atom. The Kier molecular flexibility index (Phi) is 5.39. The summed E-state index contributed by atoms with van der Waals surface area (Å²) in [6.45, 7) is 2.57. The van der Waals surface area contributed by atoms with Crippen molar-refractivity contribution in [3.8, 4) is 11.4 Å². The molecule has 0 saturated carbocycles. The summed E-state index contributed by atoms with van der Waals surface area (Å²) in [6, 6.07) is 6.06. The summed E-state index contributed by atoms with van der Waals surface area (Å²) in [5, 5.41) is 3.32. The van der Waals surface area contributed by atoms with Crippen LogP contribution in [0.3, 0.4) is 0 Å². The van der Waals surface area contributed by atoms with Gasteiger partial charge in [-0.15, -0.1) is 0 Å². The van der Waals surface area contributed by atoms with E-state index in [1.807, 2.05) is 6.92 Å².